The van der Waals surface area contributed by atoms with Crippen molar-refractivity contribution in [3.05, 3.63) is 182 Å². The Balaban J connectivity index is 1.48. The number of hydrogen-bond donors (Lipinski definition) is 0. The molecular formula is C46H30. The molecule has 0 amide bonds. The lowest BCUT2D eigenvalue weighted by Crippen LogP contribution is -1.91. The molecule has 0 fully saturated rings. The molecule has 46 heavy (non-hydrogen) atoms. The van der Waals surface area contributed by atoms with Crippen LogP contribution < -0.4 is 0 Å². The van der Waals surface area contributed by atoms with Gasteiger partial charge in [0.1, 0.15) is 0 Å². The van der Waals surface area contributed by atoms with Gasteiger partial charge in [-0.1, -0.05) is 169 Å². The van der Waals surface area contributed by atoms with Crippen LogP contribution in [0.2, 0.25) is 0 Å². The van der Waals surface area contributed by atoms with Gasteiger partial charge >= 0.3 is 0 Å². The Morgan fingerprint density at radius 3 is 1.41 bits per heavy atom. The zero-order chi connectivity index (χ0) is 45.2. The van der Waals surface area contributed by atoms with Crippen LogP contribution in [0, 0.1) is 0 Å². The second kappa shape index (κ2) is 10.9. The van der Waals surface area contributed by atoms with E-state index in [4.69, 9.17) is 12.3 Å². The summed E-state index contributed by atoms with van der Waals surface area (Å²) in [5, 5.41) is 1.24. The van der Waals surface area contributed by atoms with Crippen molar-refractivity contribution in [2.45, 2.75) is 0 Å². The molecule has 9 aromatic rings. The summed E-state index contributed by atoms with van der Waals surface area (Å²) in [4.78, 5) is 0. The van der Waals surface area contributed by atoms with E-state index >= 15 is 0 Å². The summed E-state index contributed by atoms with van der Waals surface area (Å²) in [5.74, 6) is 0. The maximum Gasteiger partial charge on any atom is 0.0629 e. The second-order valence-corrected chi connectivity index (χ2v) is 10.8. The molecule has 9 aromatic carbocycles. The van der Waals surface area contributed by atoms with Crippen molar-refractivity contribution in [2.24, 2.45) is 0 Å². The van der Waals surface area contributed by atoms with Crippen LogP contribution in [0.15, 0.2) is 182 Å². The van der Waals surface area contributed by atoms with Crippen LogP contribution in [-0.4, -0.2) is 0 Å². The van der Waals surface area contributed by atoms with Crippen LogP contribution in [0.3, 0.4) is 0 Å². The molecule has 0 heteroatoms. The largest absolute Gasteiger partial charge is 0.0629 e. The third-order valence-corrected chi connectivity index (χ3v) is 8.23. The fourth-order valence-corrected chi connectivity index (χ4v) is 6.22. The fourth-order valence-electron chi connectivity index (χ4n) is 6.22. The first kappa shape index (κ1) is 14.4. The smallest absolute Gasteiger partial charge is 0.0622 e. The molecule has 0 heterocycles. The summed E-state index contributed by atoms with van der Waals surface area (Å²) in [7, 11) is 0. The number of fused-ring (bicyclic) bond motifs is 4. The van der Waals surface area contributed by atoms with Crippen molar-refractivity contribution in [1.82, 2.24) is 0 Å². The molecule has 0 aliphatic carbocycles. The van der Waals surface area contributed by atoms with E-state index in [0.29, 0.717) is 10.9 Å². The Labute approximate surface area is 292 Å². The van der Waals surface area contributed by atoms with Gasteiger partial charge in [0.15, 0.2) is 0 Å². The fraction of sp³-hybridized carbons (Fsp3) is 0. The molecule has 0 aliphatic heterocycles. The van der Waals surface area contributed by atoms with E-state index in [1.165, 1.54) is 0 Å². The molecule has 0 aromatic heterocycles. The zero-order valence-corrected chi connectivity index (χ0v) is 24.0. The quantitative estimate of drug-likeness (QED) is 0.177. The van der Waals surface area contributed by atoms with Gasteiger partial charge in [-0.25, -0.2) is 0 Å². The second-order valence-electron chi connectivity index (χ2n) is 10.8. The van der Waals surface area contributed by atoms with Crippen molar-refractivity contribution >= 4 is 43.1 Å². The molecule has 0 spiro atoms. The van der Waals surface area contributed by atoms with Gasteiger partial charge in [0.25, 0.3) is 0 Å². The summed E-state index contributed by atoms with van der Waals surface area (Å²) in [6.45, 7) is 0. The van der Waals surface area contributed by atoms with Crippen LogP contribution >= 0.6 is 0 Å². The van der Waals surface area contributed by atoms with Crippen molar-refractivity contribution in [3.63, 3.8) is 0 Å². The first-order valence-corrected chi connectivity index (χ1v) is 14.6. The van der Waals surface area contributed by atoms with E-state index < -0.39 is 147 Å². The maximum absolute atomic E-state index is 9.65. The molecule has 0 nitrogen and oxygen atoms in total. The van der Waals surface area contributed by atoms with E-state index in [0.717, 1.165) is 27.3 Å². The van der Waals surface area contributed by atoms with E-state index in [1.54, 1.807) is 18.2 Å². The topological polar surface area (TPSA) is 0 Å². The van der Waals surface area contributed by atoms with Crippen molar-refractivity contribution in [2.75, 3.05) is 0 Å². The predicted octanol–water partition coefficient (Wildman–Crippen LogP) is 13.0. The highest BCUT2D eigenvalue weighted by atomic mass is 14.2. The average Bonchev–Trinajstić information content (AvgIpc) is 3.28. The standard InChI is InChI=1S/C46H30/c1-2-14-33(15-3-1)45-40-20-8-10-22-42(40)46(43-23-11-9-21-41(43)45)34-27-25-32(26-28-34)44-30-36(29-35-16-5-7-19-38(35)44)39-24-12-17-31-13-4-6-18-37(31)39/h1-30H/i1D,2D,3D,8D,9D,10D,11D,14D,15D,20D,21D,22D,23D,25D,26D,27D,28D. The monoisotopic (exact) mass is 599 g/mol. The summed E-state index contributed by atoms with van der Waals surface area (Å²) in [5.41, 5.74) is -0.293. The van der Waals surface area contributed by atoms with E-state index in [1.807, 2.05) is 60.7 Å². The molecule has 0 N–H and O–H groups in total. The van der Waals surface area contributed by atoms with Crippen LogP contribution in [0.4, 0.5) is 0 Å². The van der Waals surface area contributed by atoms with Crippen molar-refractivity contribution in [1.29, 1.82) is 0 Å². The highest BCUT2D eigenvalue weighted by molar-refractivity contribution is 6.21. The SMILES string of the molecule is [2H]c1c([2H])c([2H])c(-c2c3c([2H])c([2H])c([2H])c([2H])c3c(-c3c([2H])c([2H])c(-c4cc(-c5cccc6ccccc56)cc5ccccc45)c([2H])c3[2H])c3c([2H])c([2H])c([2H])c([2H])c23)c([2H])c1[2H]. The molecule has 0 atom stereocenters. The molecule has 9 rings (SSSR count). The van der Waals surface area contributed by atoms with Gasteiger partial charge in [-0.05, 0) is 99.7 Å². The lowest BCUT2D eigenvalue weighted by molar-refractivity contribution is 1.62. The maximum atomic E-state index is 9.65. The minimum atomic E-state index is -0.819. The predicted molar refractivity (Wildman–Crippen MR) is 198 cm³/mol. The Hall–Kier alpha value is -5.98. The minimum absolute atomic E-state index is 0.0970. The molecular weight excluding hydrogens is 553 g/mol. The van der Waals surface area contributed by atoms with Gasteiger partial charge < -0.3 is 0 Å². The van der Waals surface area contributed by atoms with Gasteiger partial charge in [-0.15, -0.1) is 0 Å². The first-order valence-electron chi connectivity index (χ1n) is 23.1. The van der Waals surface area contributed by atoms with Crippen LogP contribution in [0.1, 0.15) is 23.3 Å². The van der Waals surface area contributed by atoms with E-state index in [-0.39, 0.29) is 5.56 Å². The summed E-state index contributed by atoms with van der Waals surface area (Å²) >= 11 is 0. The molecule has 0 unspecified atom stereocenters. The minimum Gasteiger partial charge on any atom is -0.0622 e. The number of rotatable bonds is 4. The zero-order valence-electron chi connectivity index (χ0n) is 41.0. The molecule has 0 saturated heterocycles. The highest BCUT2D eigenvalue weighted by Crippen LogP contribution is 2.44. The lowest BCUT2D eigenvalue weighted by Gasteiger charge is -2.18. The van der Waals surface area contributed by atoms with Crippen LogP contribution in [0.5, 0.6) is 0 Å². The molecule has 0 saturated carbocycles. The summed E-state index contributed by atoms with van der Waals surface area (Å²) in [6.07, 6.45) is 0. The van der Waals surface area contributed by atoms with Gasteiger partial charge in [0, 0.05) is 0 Å². The van der Waals surface area contributed by atoms with Gasteiger partial charge in [0.05, 0.1) is 23.3 Å². The van der Waals surface area contributed by atoms with Crippen LogP contribution in [0.25, 0.3) is 87.6 Å². The Morgan fingerprint density at radius 1 is 0.304 bits per heavy atom. The normalized spacial score (nSPS) is 16.7. The molecule has 0 aliphatic rings. The lowest BCUT2D eigenvalue weighted by atomic mass is 9.85. The highest BCUT2D eigenvalue weighted by Gasteiger charge is 2.17. The molecule has 214 valence electrons. The van der Waals surface area contributed by atoms with Gasteiger partial charge in [-0.3, -0.25) is 0 Å². The first-order chi connectivity index (χ1) is 29.9. The van der Waals surface area contributed by atoms with Gasteiger partial charge in [-0.2, -0.15) is 0 Å². The third-order valence-electron chi connectivity index (χ3n) is 8.23. The Bertz CT molecular complexity index is 3400. The molecule has 0 radical (unpaired) electrons. The third kappa shape index (κ3) is 4.30. The average molecular weight is 600 g/mol. The van der Waals surface area contributed by atoms with Crippen LogP contribution in [-0.2, 0) is 0 Å². The van der Waals surface area contributed by atoms with E-state index in [2.05, 4.69) is 0 Å². The van der Waals surface area contributed by atoms with Crippen molar-refractivity contribution < 1.29 is 23.3 Å². The number of hydrogen-bond acceptors (Lipinski definition) is 0. The Kier molecular flexibility index (Phi) is 3.41. The number of benzene rings is 9. The van der Waals surface area contributed by atoms with E-state index in [9.17, 15) is 11.0 Å². The van der Waals surface area contributed by atoms with Gasteiger partial charge in [0.2, 0.25) is 0 Å². The van der Waals surface area contributed by atoms with Crippen molar-refractivity contribution in [3.8, 4) is 44.5 Å². The Morgan fingerprint density at radius 2 is 0.783 bits per heavy atom. The molecule has 0 bridgehead atoms. The summed E-state index contributed by atoms with van der Waals surface area (Å²) in [6, 6.07) is 11.7. The summed E-state index contributed by atoms with van der Waals surface area (Å²) < 4.78 is 153.